The Morgan fingerprint density at radius 1 is 1.22 bits per heavy atom. The van der Waals surface area contributed by atoms with Gasteiger partial charge in [-0.1, -0.05) is 19.1 Å². The van der Waals surface area contributed by atoms with Crippen molar-refractivity contribution in [3.05, 3.63) is 34.9 Å². The first-order valence-electron chi connectivity index (χ1n) is 9.21. The van der Waals surface area contributed by atoms with Crippen LogP contribution < -0.4 is 0 Å². The summed E-state index contributed by atoms with van der Waals surface area (Å²) in [7, 11) is 1.89. The quantitative estimate of drug-likeness (QED) is 0.736. The van der Waals surface area contributed by atoms with E-state index in [-0.39, 0.29) is 5.78 Å². The topological polar surface area (TPSA) is 26.3 Å². The SMILES string of the molecule is CO[C@H]1CC[C@H]2[C@@H]3CCc4cc(C(C)=O)ccc4[C@H]3CC[C@]12C. The van der Waals surface area contributed by atoms with Crippen LogP contribution in [0.2, 0.25) is 0 Å². The zero-order valence-electron chi connectivity index (χ0n) is 14.6. The lowest BCUT2D eigenvalue weighted by Crippen LogP contribution is -2.44. The first-order chi connectivity index (χ1) is 11.0. The lowest BCUT2D eigenvalue weighted by Gasteiger charge is -2.50. The number of Topliss-reactive ketones (excluding diaryl/α,β-unsaturated/α-hetero) is 1. The average Bonchev–Trinajstić information content (AvgIpc) is 2.90. The molecule has 1 aromatic rings. The van der Waals surface area contributed by atoms with Crippen molar-refractivity contribution in [1.29, 1.82) is 0 Å². The maximum absolute atomic E-state index is 11.7. The van der Waals surface area contributed by atoms with E-state index >= 15 is 0 Å². The van der Waals surface area contributed by atoms with Crippen molar-refractivity contribution in [1.82, 2.24) is 0 Å². The molecule has 5 atom stereocenters. The third kappa shape index (κ3) is 2.21. The van der Waals surface area contributed by atoms with Gasteiger partial charge in [-0.2, -0.15) is 0 Å². The Kier molecular flexibility index (Phi) is 3.64. The first kappa shape index (κ1) is 15.4. The van der Waals surface area contributed by atoms with E-state index in [1.54, 1.807) is 6.92 Å². The van der Waals surface area contributed by atoms with Gasteiger partial charge < -0.3 is 4.74 Å². The standard InChI is InChI=1S/C21H28O2/c1-13(22)14-4-6-16-15(12-14)5-7-18-17(16)10-11-21(2)19(18)8-9-20(21)23-3/h4,6,12,17-20H,5,7-11H2,1-3H3/t17-,18-,19+,20+,21+/m1/s1. The van der Waals surface area contributed by atoms with Crippen LogP contribution in [0.5, 0.6) is 0 Å². The third-order valence-electron chi connectivity index (χ3n) is 7.33. The minimum absolute atomic E-state index is 0.185. The fourth-order valence-electron chi connectivity index (χ4n) is 6.14. The van der Waals surface area contributed by atoms with Crippen LogP contribution >= 0.6 is 0 Å². The molecule has 4 rings (SSSR count). The molecule has 0 saturated heterocycles. The second-order valence-corrected chi connectivity index (χ2v) is 8.23. The molecule has 0 spiro atoms. The number of benzene rings is 1. The van der Waals surface area contributed by atoms with Crippen molar-refractivity contribution in [2.24, 2.45) is 17.3 Å². The molecule has 0 bridgehead atoms. The summed E-state index contributed by atoms with van der Waals surface area (Å²) in [6.45, 7) is 4.15. The third-order valence-corrected chi connectivity index (χ3v) is 7.33. The van der Waals surface area contributed by atoms with Crippen molar-refractivity contribution >= 4 is 5.78 Å². The molecule has 2 fully saturated rings. The Bertz CT molecular complexity index is 635. The Balaban J connectivity index is 1.66. The maximum Gasteiger partial charge on any atom is 0.159 e. The van der Waals surface area contributed by atoms with Crippen LogP contribution in [0.15, 0.2) is 18.2 Å². The van der Waals surface area contributed by atoms with E-state index in [0.717, 1.165) is 23.8 Å². The molecule has 0 amide bonds. The highest BCUT2D eigenvalue weighted by Gasteiger charge is 2.54. The van der Waals surface area contributed by atoms with Crippen molar-refractivity contribution in [3.8, 4) is 0 Å². The first-order valence-corrected chi connectivity index (χ1v) is 9.21. The maximum atomic E-state index is 11.7. The monoisotopic (exact) mass is 312 g/mol. The molecule has 2 heteroatoms. The molecular weight excluding hydrogens is 284 g/mol. The van der Waals surface area contributed by atoms with E-state index in [9.17, 15) is 4.79 Å². The van der Waals surface area contributed by atoms with Gasteiger partial charge in [0.25, 0.3) is 0 Å². The highest BCUT2D eigenvalue weighted by Crippen LogP contribution is 2.61. The molecule has 3 aliphatic rings. The molecule has 0 heterocycles. The lowest BCUT2D eigenvalue weighted by atomic mass is 9.55. The van der Waals surface area contributed by atoms with E-state index in [1.165, 1.54) is 43.2 Å². The van der Waals surface area contributed by atoms with E-state index in [2.05, 4.69) is 19.1 Å². The smallest absolute Gasteiger partial charge is 0.159 e. The van der Waals surface area contributed by atoms with Crippen molar-refractivity contribution < 1.29 is 9.53 Å². The van der Waals surface area contributed by atoms with Crippen LogP contribution in [-0.2, 0) is 11.2 Å². The normalized spacial score (nSPS) is 38.6. The van der Waals surface area contributed by atoms with E-state index < -0.39 is 0 Å². The van der Waals surface area contributed by atoms with Gasteiger partial charge in [0.15, 0.2) is 5.78 Å². The second kappa shape index (κ2) is 5.44. The van der Waals surface area contributed by atoms with Crippen molar-refractivity contribution in [3.63, 3.8) is 0 Å². The van der Waals surface area contributed by atoms with Gasteiger partial charge >= 0.3 is 0 Å². The van der Waals surface area contributed by atoms with Crippen LogP contribution in [0.4, 0.5) is 0 Å². The second-order valence-electron chi connectivity index (χ2n) is 8.23. The fourth-order valence-corrected chi connectivity index (χ4v) is 6.14. The van der Waals surface area contributed by atoms with Gasteiger partial charge in [-0.3, -0.25) is 4.79 Å². The zero-order valence-corrected chi connectivity index (χ0v) is 14.6. The summed E-state index contributed by atoms with van der Waals surface area (Å²) >= 11 is 0. The number of hydrogen-bond acceptors (Lipinski definition) is 2. The van der Waals surface area contributed by atoms with Crippen molar-refractivity contribution in [2.45, 2.75) is 64.4 Å². The Hall–Kier alpha value is -1.15. The molecule has 23 heavy (non-hydrogen) atoms. The van der Waals surface area contributed by atoms with E-state index in [0.29, 0.717) is 17.4 Å². The molecule has 1 aromatic carbocycles. The minimum atomic E-state index is 0.185. The summed E-state index contributed by atoms with van der Waals surface area (Å²) in [5.74, 6) is 2.51. The number of rotatable bonds is 2. The van der Waals surface area contributed by atoms with Crippen LogP contribution in [-0.4, -0.2) is 19.0 Å². The molecule has 2 nitrogen and oxygen atoms in total. The zero-order chi connectivity index (χ0) is 16.2. The Morgan fingerprint density at radius 3 is 2.78 bits per heavy atom. The largest absolute Gasteiger partial charge is 0.381 e. The van der Waals surface area contributed by atoms with Crippen LogP contribution in [0, 0.1) is 17.3 Å². The number of aryl methyl sites for hydroxylation is 1. The molecule has 0 aromatic heterocycles. The van der Waals surface area contributed by atoms with E-state index in [4.69, 9.17) is 4.74 Å². The molecule has 3 aliphatic carbocycles. The van der Waals surface area contributed by atoms with Gasteiger partial charge in [-0.25, -0.2) is 0 Å². The van der Waals surface area contributed by atoms with Crippen LogP contribution in [0.1, 0.15) is 73.4 Å². The molecule has 0 radical (unpaired) electrons. The molecular formula is C21H28O2. The Morgan fingerprint density at radius 2 is 2.04 bits per heavy atom. The summed E-state index contributed by atoms with van der Waals surface area (Å²) in [5, 5.41) is 0. The summed E-state index contributed by atoms with van der Waals surface area (Å²) < 4.78 is 5.84. The van der Waals surface area contributed by atoms with Crippen LogP contribution in [0.3, 0.4) is 0 Å². The van der Waals surface area contributed by atoms with Crippen molar-refractivity contribution in [2.75, 3.05) is 7.11 Å². The number of fused-ring (bicyclic) bond motifs is 5. The predicted molar refractivity (Wildman–Crippen MR) is 91.9 cm³/mol. The van der Waals surface area contributed by atoms with Gasteiger partial charge in [0, 0.05) is 12.7 Å². The molecule has 0 aliphatic heterocycles. The molecule has 124 valence electrons. The fraction of sp³-hybridized carbons (Fsp3) is 0.667. The number of ether oxygens (including phenoxy) is 1. The lowest BCUT2D eigenvalue weighted by molar-refractivity contribution is -0.0444. The van der Waals surface area contributed by atoms with Gasteiger partial charge in [0.1, 0.15) is 0 Å². The number of methoxy groups -OCH3 is 1. The number of carbonyl (C=O) groups excluding carboxylic acids is 1. The minimum Gasteiger partial charge on any atom is -0.381 e. The van der Waals surface area contributed by atoms with E-state index in [1.807, 2.05) is 13.2 Å². The highest BCUT2D eigenvalue weighted by molar-refractivity contribution is 5.94. The summed E-state index contributed by atoms with van der Waals surface area (Å²) in [4.78, 5) is 11.7. The van der Waals surface area contributed by atoms with Gasteiger partial charge in [-0.15, -0.1) is 0 Å². The average molecular weight is 312 g/mol. The van der Waals surface area contributed by atoms with Gasteiger partial charge in [0.2, 0.25) is 0 Å². The van der Waals surface area contributed by atoms with Gasteiger partial charge in [-0.05, 0) is 85.8 Å². The summed E-state index contributed by atoms with van der Waals surface area (Å²) in [6, 6.07) is 6.46. The summed E-state index contributed by atoms with van der Waals surface area (Å²) in [6.07, 6.45) is 8.01. The van der Waals surface area contributed by atoms with Gasteiger partial charge in [0.05, 0.1) is 6.10 Å². The highest BCUT2D eigenvalue weighted by atomic mass is 16.5. The van der Waals surface area contributed by atoms with Crippen LogP contribution in [0.25, 0.3) is 0 Å². The number of hydrogen-bond donors (Lipinski definition) is 0. The predicted octanol–water partition coefficient (Wildman–Crippen LogP) is 4.76. The molecule has 2 saturated carbocycles. The number of ketones is 1. The number of carbonyl (C=O) groups is 1. The Labute approximate surface area is 139 Å². The summed E-state index contributed by atoms with van der Waals surface area (Å²) in [5.41, 5.74) is 4.23. The molecule has 0 N–H and O–H groups in total. The molecule has 0 unspecified atom stereocenters.